The summed E-state index contributed by atoms with van der Waals surface area (Å²) in [6.45, 7) is 5.77. The van der Waals surface area contributed by atoms with Crippen molar-refractivity contribution in [3.63, 3.8) is 0 Å². The van der Waals surface area contributed by atoms with Crippen LogP contribution in [-0.4, -0.2) is 0 Å². The van der Waals surface area contributed by atoms with E-state index in [2.05, 4.69) is 19.1 Å². The van der Waals surface area contributed by atoms with E-state index in [9.17, 15) is 0 Å². The predicted molar refractivity (Wildman–Crippen MR) is 43.2 cm³/mol. The van der Waals surface area contributed by atoms with Gasteiger partial charge in [0.05, 0.1) is 0 Å². The van der Waals surface area contributed by atoms with Crippen LogP contribution in [0.5, 0.6) is 0 Å². The van der Waals surface area contributed by atoms with Crippen LogP contribution >= 0.6 is 0 Å². The zero-order valence-corrected chi connectivity index (χ0v) is 6.14. The molecular weight excluding hydrogens is 108 g/mol. The van der Waals surface area contributed by atoms with Gasteiger partial charge in [-0.05, 0) is 19.8 Å². The molecule has 0 N–H and O–H groups in total. The fourth-order valence-corrected chi connectivity index (χ4v) is 0.548. The predicted octanol–water partition coefficient (Wildman–Crippen LogP) is 3.12. The second kappa shape index (κ2) is 7.48. The van der Waals surface area contributed by atoms with Crippen LogP contribution in [0.4, 0.5) is 0 Å². The molecule has 9 heavy (non-hydrogen) atoms. The molecule has 0 heteroatoms. The third-order valence-electron chi connectivity index (χ3n) is 1.06. The van der Waals surface area contributed by atoms with E-state index < -0.39 is 0 Å². The Morgan fingerprint density at radius 1 is 1.33 bits per heavy atom. The van der Waals surface area contributed by atoms with Crippen LogP contribution < -0.4 is 0 Å². The molecule has 0 unspecified atom stereocenters. The van der Waals surface area contributed by atoms with E-state index in [-0.39, 0.29) is 0 Å². The summed E-state index contributed by atoms with van der Waals surface area (Å²) < 4.78 is 0. The largest absolute Gasteiger partial charge is 0.0877 e. The van der Waals surface area contributed by atoms with Crippen molar-refractivity contribution >= 4 is 0 Å². The molecule has 0 aromatic rings. The third-order valence-corrected chi connectivity index (χ3v) is 1.06. The summed E-state index contributed by atoms with van der Waals surface area (Å²) in [7, 11) is 0. The van der Waals surface area contributed by atoms with E-state index in [1.165, 1.54) is 6.42 Å². The molecule has 0 aromatic heterocycles. The van der Waals surface area contributed by atoms with Gasteiger partial charge in [0.25, 0.3) is 0 Å². The Morgan fingerprint density at radius 3 is 2.67 bits per heavy atom. The molecule has 0 fully saturated rings. The van der Waals surface area contributed by atoms with Gasteiger partial charge in [-0.1, -0.05) is 37.6 Å². The lowest BCUT2D eigenvalue weighted by Crippen LogP contribution is -1.64. The highest BCUT2D eigenvalue weighted by Gasteiger charge is 1.74. The van der Waals surface area contributed by atoms with Gasteiger partial charge in [0.2, 0.25) is 0 Å². The van der Waals surface area contributed by atoms with E-state index in [4.69, 9.17) is 0 Å². The maximum absolute atomic E-state index is 3.75. The Hall–Kier alpha value is -0.520. The van der Waals surface area contributed by atoms with E-state index >= 15 is 0 Å². The molecule has 0 aliphatic carbocycles. The van der Waals surface area contributed by atoms with Crippen molar-refractivity contribution in [3.05, 3.63) is 31.2 Å². The summed E-state index contributed by atoms with van der Waals surface area (Å²) in [6, 6.07) is 0. The highest BCUT2D eigenvalue weighted by Crippen LogP contribution is 1.94. The lowest BCUT2D eigenvalue weighted by molar-refractivity contribution is 0.866. The van der Waals surface area contributed by atoms with E-state index in [1.54, 1.807) is 0 Å². The SMILES string of the molecule is [CH2]CCC/C=C/C=C/C. The monoisotopic (exact) mass is 123 g/mol. The van der Waals surface area contributed by atoms with Crippen LogP contribution in [0.3, 0.4) is 0 Å². The maximum Gasteiger partial charge on any atom is -0.0348 e. The van der Waals surface area contributed by atoms with Crippen molar-refractivity contribution < 1.29 is 0 Å². The lowest BCUT2D eigenvalue weighted by atomic mass is 10.2. The van der Waals surface area contributed by atoms with Crippen molar-refractivity contribution in [2.75, 3.05) is 0 Å². The van der Waals surface area contributed by atoms with E-state index in [0.717, 1.165) is 12.8 Å². The maximum atomic E-state index is 3.75. The standard InChI is InChI=1S/C9H15/c1-3-5-7-9-8-6-4-2/h4,6,8-9H,1,3,5,7H2,2H3/b6-4+,9-8+. The van der Waals surface area contributed by atoms with Gasteiger partial charge in [-0.15, -0.1) is 0 Å². The first-order valence-corrected chi connectivity index (χ1v) is 3.49. The lowest BCUT2D eigenvalue weighted by Gasteiger charge is -1.84. The molecule has 1 radical (unpaired) electrons. The third kappa shape index (κ3) is 7.48. The number of hydrogen-bond donors (Lipinski definition) is 0. The summed E-state index contributed by atoms with van der Waals surface area (Å²) in [4.78, 5) is 0. The molecule has 0 bridgehead atoms. The zero-order valence-electron chi connectivity index (χ0n) is 6.14. The Morgan fingerprint density at radius 2 is 2.11 bits per heavy atom. The molecule has 0 saturated carbocycles. The summed E-state index contributed by atoms with van der Waals surface area (Å²) >= 11 is 0. The van der Waals surface area contributed by atoms with Gasteiger partial charge in [0, 0.05) is 0 Å². The minimum Gasteiger partial charge on any atom is -0.0877 e. The van der Waals surface area contributed by atoms with Crippen molar-refractivity contribution in [3.8, 4) is 0 Å². The molecule has 0 saturated heterocycles. The normalized spacial score (nSPS) is 11.8. The molecule has 0 amide bonds. The minimum absolute atomic E-state index is 1.04. The average Bonchev–Trinajstić information content (AvgIpc) is 1.89. The van der Waals surface area contributed by atoms with Gasteiger partial charge in [-0.3, -0.25) is 0 Å². The van der Waals surface area contributed by atoms with Crippen LogP contribution in [0.15, 0.2) is 24.3 Å². The van der Waals surface area contributed by atoms with Gasteiger partial charge < -0.3 is 0 Å². The van der Waals surface area contributed by atoms with E-state index in [0.29, 0.717) is 0 Å². The topological polar surface area (TPSA) is 0 Å². The van der Waals surface area contributed by atoms with Gasteiger partial charge in [-0.2, -0.15) is 0 Å². The number of hydrogen-bond acceptors (Lipinski definition) is 0. The zero-order chi connectivity index (χ0) is 6.95. The summed E-state index contributed by atoms with van der Waals surface area (Å²) in [5.74, 6) is 0. The van der Waals surface area contributed by atoms with Crippen molar-refractivity contribution in [1.82, 2.24) is 0 Å². The number of rotatable bonds is 4. The smallest absolute Gasteiger partial charge is 0.0348 e. The molecule has 0 aliphatic rings. The van der Waals surface area contributed by atoms with Crippen LogP contribution in [-0.2, 0) is 0 Å². The van der Waals surface area contributed by atoms with Gasteiger partial charge in [0.15, 0.2) is 0 Å². The quantitative estimate of drug-likeness (QED) is 0.398. The molecule has 0 heterocycles. The minimum atomic E-state index is 1.04. The molecule has 0 aromatic carbocycles. The summed E-state index contributed by atoms with van der Waals surface area (Å²) in [6.07, 6.45) is 11.7. The molecular formula is C9H15. The Bertz CT molecular complexity index is 88.2. The molecule has 0 spiro atoms. The highest BCUT2D eigenvalue weighted by atomic mass is 13.8. The second-order valence-electron chi connectivity index (χ2n) is 1.95. The van der Waals surface area contributed by atoms with Crippen molar-refractivity contribution in [2.45, 2.75) is 26.2 Å². The number of allylic oxidation sites excluding steroid dienone is 4. The van der Waals surface area contributed by atoms with Crippen LogP contribution in [0.2, 0.25) is 0 Å². The molecule has 51 valence electrons. The fraction of sp³-hybridized carbons (Fsp3) is 0.444. The average molecular weight is 123 g/mol. The molecule has 0 atom stereocenters. The highest BCUT2D eigenvalue weighted by molar-refractivity contribution is 5.00. The first kappa shape index (κ1) is 8.48. The van der Waals surface area contributed by atoms with Crippen molar-refractivity contribution in [2.24, 2.45) is 0 Å². The first-order valence-electron chi connectivity index (χ1n) is 3.49. The van der Waals surface area contributed by atoms with Crippen LogP contribution in [0.25, 0.3) is 0 Å². The fourth-order valence-electron chi connectivity index (χ4n) is 0.548. The van der Waals surface area contributed by atoms with Gasteiger partial charge in [-0.25, -0.2) is 0 Å². The van der Waals surface area contributed by atoms with Crippen molar-refractivity contribution in [1.29, 1.82) is 0 Å². The van der Waals surface area contributed by atoms with Crippen LogP contribution in [0, 0.1) is 6.92 Å². The van der Waals surface area contributed by atoms with Crippen LogP contribution in [0.1, 0.15) is 26.2 Å². The number of unbranched alkanes of at least 4 members (excludes halogenated alkanes) is 2. The molecule has 0 aliphatic heterocycles. The summed E-state index contributed by atoms with van der Waals surface area (Å²) in [5.41, 5.74) is 0. The Balaban J connectivity index is 3.04. The molecule has 0 nitrogen and oxygen atoms in total. The van der Waals surface area contributed by atoms with Gasteiger partial charge in [0.1, 0.15) is 0 Å². The Labute approximate surface area is 58.3 Å². The van der Waals surface area contributed by atoms with Gasteiger partial charge >= 0.3 is 0 Å². The van der Waals surface area contributed by atoms with E-state index in [1.807, 2.05) is 19.1 Å². The Kier molecular flexibility index (Phi) is 7.05. The molecule has 0 rings (SSSR count). The second-order valence-corrected chi connectivity index (χ2v) is 1.95. The summed E-state index contributed by atoms with van der Waals surface area (Å²) in [5, 5.41) is 0. The first-order chi connectivity index (χ1) is 4.41.